The molecule has 74 valence electrons. The van der Waals surface area contributed by atoms with Crippen LogP contribution >= 0.6 is 0 Å². The van der Waals surface area contributed by atoms with Gasteiger partial charge in [0, 0.05) is 0 Å². The van der Waals surface area contributed by atoms with E-state index in [2.05, 4.69) is 20.1 Å². The van der Waals surface area contributed by atoms with Crippen molar-refractivity contribution in [3.05, 3.63) is 36.5 Å². The zero-order valence-corrected chi connectivity index (χ0v) is 8.71. The molecule has 1 nitrogen and oxygen atoms in total. The van der Waals surface area contributed by atoms with E-state index in [9.17, 15) is 5.11 Å². The largest absolute Gasteiger partial charge is 0.384 e. The van der Waals surface area contributed by atoms with Gasteiger partial charge in [-0.2, -0.15) is 0 Å². The van der Waals surface area contributed by atoms with Crippen molar-refractivity contribution in [1.29, 1.82) is 0 Å². The van der Waals surface area contributed by atoms with Gasteiger partial charge in [0.1, 0.15) is 0 Å². The Labute approximate surface area is 81.5 Å². The fourth-order valence-electron chi connectivity index (χ4n) is 1.11. The maximum Gasteiger partial charge on any atom is 0.0992 e. The van der Waals surface area contributed by atoms with Crippen molar-refractivity contribution in [1.82, 2.24) is 0 Å². The summed E-state index contributed by atoms with van der Waals surface area (Å²) >= 11 is 0. The molecule has 0 bridgehead atoms. The van der Waals surface area contributed by atoms with Crippen molar-refractivity contribution < 1.29 is 5.11 Å². The molecule has 0 aromatic carbocycles. The fourth-order valence-corrected chi connectivity index (χ4v) is 1.11. The summed E-state index contributed by atoms with van der Waals surface area (Å²) in [6.07, 6.45) is 6.22. The monoisotopic (exact) mass is 180 g/mol. The Morgan fingerprint density at radius 1 is 1.46 bits per heavy atom. The zero-order chi connectivity index (χ0) is 10.3. The Bertz CT molecular complexity index is 201. The van der Waals surface area contributed by atoms with E-state index in [1.54, 1.807) is 0 Å². The summed E-state index contributed by atoms with van der Waals surface area (Å²) in [4.78, 5) is 0. The van der Waals surface area contributed by atoms with E-state index in [0.29, 0.717) is 0 Å². The van der Waals surface area contributed by atoms with Crippen molar-refractivity contribution in [2.75, 3.05) is 0 Å². The highest BCUT2D eigenvalue weighted by Crippen LogP contribution is 2.15. The molecule has 0 radical (unpaired) electrons. The summed E-state index contributed by atoms with van der Waals surface area (Å²) in [7, 11) is 0. The number of aliphatic hydroxyl groups is 1. The van der Waals surface area contributed by atoms with Crippen LogP contribution in [0.15, 0.2) is 36.5 Å². The van der Waals surface area contributed by atoms with Crippen molar-refractivity contribution in [3.63, 3.8) is 0 Å². The van der Waals surface area contributed by atoms with Crippen LogP contribution < -0.4 is 0 Å². The third-order valence-electron chi connectivity index (χ3n) is 1.97. The molecule has 1 atom stereocenters. The Kier molecular flexibility index (Phi) is 6.25. The molecule has 0 heterocycles. The van der Waals surface area contributed by atoms with Gasteiger partial charge >= 0.3 is 0 Å². The lowest BCUT2D eigenvalue weighted by Gasteiger charge is -2.13. The average molecular weight is 180 g/mol. The lowest BCUT2D eigenvalue weighted by Crippen LogP contribution is -2.10. The zero-order valence-electron chi connectivity index (χ0n) is 8.71. The van der Waals surface area contributed by atoms with E-state index in [4.69, 9.17) is 0 Å². The van der Waals surface area contributed by atoms with Gasteiger partial charge in [0.05, 0.1) is 6.10 Å². The van der Waals surface area contributed by atoms with E-state index in [1.165, 1.54) is 0 Å². The van der Waals surface area contributed by atoms with Crippen molar-refractivity contribution >= 4 is 0 Å². The second kappa shape index (κ2) is 6.67. The molecular formula is C12H20O. The Balaban J connectivity index is 4.01. The van der Waals surface area contributed by atoms with Crippen LogP contribution in [0.25, 0.3) is 0 Å². The summed E-state index contributed by atoms with van der Waals surface area (Å²) in [6, 6.07) is 0. The van der Waals surface area contributed by atoms with Crippen LogP contribution in [0.4, 0.5) is 0 Å². The van der Waals surface area contributed by atoms with Gasteiger partial charge in [-0.1, -0.05) is 38.7 Å². The van der Waals surface area contributed by atoms with Crippen LogP contribution in [0.1, 0.15) is 33.1 Å². The van der Waals surface area contributed by atoms with Crippen LogP contribution in [-0.4, -0.2) is 11.2 Å². The van der Waals surface area contributed by atoms with Crippen molar-refractivity contribution in [3.8, 4) is 0 Å². The lowest BCUT2D eigenvalue weighted by molar-refractivity contribution is 0.246. The van der Waals surface area contributed by atoms with Gasteiger partial charge in [-0.15, -0.1) is 0 Å². The van der Waals surface area contributed by atoms with Gasteiger partial charge in [-0.25, -0.2) is 0 Å². The molecule has 0 aliphatic heterocycles. The molecule has 1 unspecified atom stereocenters. The van der Waals surface area contributed by atoms with Gasteiger partial charge in [0.25, 0.3) is 0 Å². The molecule has 0 amide bonds. The predicted octanol–water partition coefficient (Wildman–Crippen LogP) is 3.23. The minimum Gasteiger partial charge on any atom is -0.384 e. The van der Waals surface area contributed by atoms with E-state index in [1.807, 2.05) is 19.1 Å². The molecule has 0 saturated heterocycles. The highest BCUT2D eigenvalue weighted by atomic mass is 16.3. The van der Waals surface area contributed by atoms with E-state index in [0.717, 1.165) is 30.4 Å². The van der Waals surface area contributed by atoms with Crippen LogP contribution in [0.3, 0.4) is 0 Å². The number of unbranched alkanes of at least 4 members (excludes halogenated alkanes) is 1. The summed E-state index contributed by atoms with van der Waals surface area (Å²) < 4.78 is 0. The predicted molar refractivity (Wildman–Crippen MR) is 58.6 cm³/mol. The highest BCUT2D eigenvalue weighted by Gasteiger charge is 2.09. The maximum atomic E-state index is 9.69. The number of hydrogen-bond donors (Lipinski definition) is 1. The van der Waals surface area contributed by atoms with Gasteiger partial charge in [-0.05, 0) is 30.9 Å². The molecule has 0 saturated carbocycles. The van der Waals surface area contributed by atoms with E-state index >= 15 is 0 Å². The molecule has 0 rings (SSSR count). The lowest BCUT2D eigenvalue weighted by atomic mass is 9.99. The quantitative estimate of drug-likeness (QED) is 0.491. The van der Waals surface area contributed by atoms with Gasteiger partial charge in [-0.3, -0.25) is 0 Å². The summed E-state index contributed by atoms with van der Waals surface area (Å²) in [5.41, 5.74) is 1.59. The van der Waals surface area contributed by atoms with Crippen molar-refractivity contribution in [2.24, 2.45) is 0 Å². The first-order chi connectivity index (χ1) is 6.13. The molecule has 0 aliphatic rings. The Morgan fingerprint density at radius 2 is 2.08 bits per heavy atom. The van der Waals surface area contributed by atoms with Gasteiger partial charge in [0.15, 0.2) is 0 Å². The van der Waals surface area contributed by atoms with Crippen LogP contribution in [0.5, 0.6) is 0 Å². The average Bonchev–Trinajstić information content (AvgIpc) is 2.13. The maximum absolute atomic E-state index is 9.69. The fraction of sp³-hybridized carbons (Fsp3) is 0.500. The van der Waals surface area contributed by atoms with E-state index < -0.39 is 6.10 Å². The summed E-state index contributed by atoms with van der Waals surface area (Å²) in [6.45, 7) is 11.7. The van der Waals surface area contributed by atoms with Crippen molar-refractivity contribution in [2.45, 2.75) is 39.2 Å². The molecule has 0 aliphatic carbocycles. The molecule has 1 N–H and O–H groups in total. The molecule has 0 spiro atoms. The van der Waals surface area contributed by atoms with Gasteiger partial charge < -0.3 is 5.11 Å². The Morgan fingerprint density at radius 3 is 2.54 bits per heavy atom. The second-order valence-corrected chi connectivity index (χ2v) is 3.24. The first-order valence-corrected chi connectivity index (χ1v) is 4.80. The SMILES string of the molecule is C=C(C=CC)C(O)C(=C)CCCC. The Hall–Kier alpha value is -0.820. The third kappa shape index (κ3) is 4.69. The topological polar surface area (TPSA) is 20.2 Å². The second-order valence-electron chi connectivity index (χ2n) is 3.24. The van der Waals surface area contributed by atoms with Crippen LogP contribution in [-0.2, 0) is 0 Å². The summed E-state index contributed by atoms with van der Waals surface area (Å²) in [5, 5.41) is 9.69. The number of allylic oxidation sites excluding steroid dienone is 1. The third-order valence-corrected chi connectivity index (χ3v) is 1.97. The number of hydrogen-bond acceptors (Lipinski definition) is 1. The van der Waals surface area contributed by atoms with E-state index in [-0.39, 0.29) is 0 Å². The first kappa shape index (κ1) is 12.2. The van der Waals surface area contributed by atoms with Crippen LogP contribution in [0, 0.1) is 0 Å². The molecule has 0 aromatic rings. The first-order valence-electron chi connectivity index (χ1n) is 4.80. The number of rotatable bonds is 6. The van der Waals surface area contributed by atoms with Gasteiger partial charge in [0.2, 0.25) is 0 Å². The number of aliphatic hydroxyl groups excluding tert-OH is 1. The smallest absolute Gasteiger partial charge is 0.0992 e. The molecule has 0 aromatic heterocycles. The molecule has 13 heavy (non-hydrogen) atoms. The highest BCUT2D eigenvalue weighted by molar-refractivity contribution is 5.27. The minimum absolute atomic E-state index is 0.567. The summed E-state index contributed by atoms with van der Waals surface area (Å²) in [5.74, 6) is 0. The molecule has 1 heteroatoms. The molecule has 0 fully saturated rings. The van der Waals surface area contributed by atoms with Crippen LogP contribution in [0.2, 0.25) is 0 Å². The minimum atomic E-state index is -0.567. The normalized spacial score (nSPS) is 13.2. The molecular weight excluding hydrogens is 160 g/mol. The standard InChI is InChI=1S/C12H20O/c1-5-7-9-11(4)12(13)10(3)8-6-2/h6,8,12-13H,3-5,7,9H2,1-2H3.